The van der Waals surface area contributed by atoms with Crippen LogP contribution in [0.15, 0.2) is 36.7 Å². The second kappa shape index (κ2) is 8.25. The fourth-order valence-electron chi connectivity index (χ4n) is 3.51. The summed E-state index contributed by atoms with van der Waals surface area (Å²) in [6, 6.07) is 9.81. The van der Waals surface area contributed by atoms with Gasteiger partial charge in [-0.3, -0.25) is 4.79 Å². The monoisotopic (exact) mass is 341 g/mol. The van der Waals surface area contributed by atoms with E-state index in [-0.39, 0.29) is 5.91 Å². The molecule has 2 aromatic rings. The lowest BCUT2D eigenvalue weighted by molar-refractivity contribution is -0.118. The molecule has 6 nitrogen and oxygen atoms in total. The van der Waals surface area contributed by atoms with Crippen LogP contribution in [0.5, 0.6) is 0 Å². The topological polar surface area (TPSA) is 54.3 Å². The molecule has 1 fully saturated rings. The minimum atomic E-state index is 0.157. The van der Waals surface area contributed by atoms with Gasteiger partial charge in [-0.15, -0.1) is 10.2 Å². The van der Waals surface area contributed by atoms with Gasteiger partial charge in [-0.25, -0.2) is 0 Å². The molecule has 1 aliphatic heterocycles. The third kappa shape index (κ3) is 4.25. The summed E-state index contributed by atoms with van der Waals surface area (Å²) in [6.45, 7) is 5.83. The number of hydrogen-bond acceptors (Lipinski definition) is 4. The molecule has 1 unspecified atom stereocenters. The highest BCUT2D eigenvalue weighted by Crippen LogP contribution is 2.25. The number of para-hydroxylation sites is 1. The first-order chi connectivity index (χ1) is 12.2. The number of carbonyl (C=O) groups excluding carboxylic acids is 1. The standard InChI is InChI=1S/C19H27N5O/c1-3-24-15-20-21-19(24)16-8-7-12-23(14-16)13-11-18(25)22(2)17-9-5-4-6-10-17/h4-6,9-10,15-16H,3,7-8,11-14H2,1-2H3. The molecular weight excluding hydrogens is 314 g/mol. The van der Waals surface area contributed by atoms with Crippen LogP contribution in [-0.2, 0) is 11.3 Å². The van der Waals surface area contributed by atoms with Crippen LogP contribution in [-0.4, -0.2) is 52.3 Å². The summed E-state index contributed by atoms with van der Waals surface area (Å²) in [7, 11) is 1.85. The predicted octanol–water partition coefficient (Wildman–Crippen LogP) is 2.53. The number of hydrogen-bond donors (Lipinski definition) is 0. The fraction of sp³-hybridized carbons (Fsp3) is 0.526. The van der Waals surface area contributed by atoms with Gasteiger partial charge in [0.05, 0.1) is 0 Å². The first-order valence-electron chi connectivity index (χ1n) is 9.10. The van der Waals surface area contributed by atoms with Crippen molar-refractivity contribution in [3.63, 3.8) is 0 Å². The number of nitrogens with zero attached hydrogens (tertiary/aromatic N) is 5. The Kier molecular flexibility index (Phi) is 5.81. The molecule has 2 heterocycles. The van der Waals surface area contributed by atoms with E-state index in [1.54, 1.807) is 4.90 Å². The Balaban J connectivity index is 1.54. The van der Waals surface area contributed by atoms with E-state index in [9.17, 15) is 4.79 Å². The lowest BCUT2D eigenvalue weighted by atomic mass is 9.97. The van der Waals surface area contributed by atoms with Crippen LogP contribution in [0.2, 0.25) is 0 Å². The average Bonchev–Trinajstić information content (AvgIpc) is 3.15. The lowest BCUT2D eigenvalue weighted by Gasteiger charge is -2.32. The van der Waals surface area contributed by atoms with E-state index in [2.05, 4.69) is 26.6 Å². The minimum Gasteiger partial charge on any atom is -0.318 e. The third-order valence-corrected chi connectivity index (χ3v) is 5.02. The Morgan fingerprint density at radius 1 is 1.32 bits per heavy atom. The maximum Gasteiger partial charge on any atom is 0.228 e. The summed E-state index contributed by atoms with van der Waals surface area (Å²) in [5.41, 5.74) is 0.945. The van der Waals surface area contributed by atoms with Gasteiger partial charge in [-0.2, -0.15) is 0 Å². The molecule has 25 heavy (non-hydrogen) atoms. The predicted molar refractivity (Wildman–Crippen MR) is 98.6 cm³/mol. The van der Waals surface area contributed by atoms with E-state index < -0.39 is 0 Å². The molecule has 0 aliphatic carbocycles. The smallest absolute Gasteiger partial charge is 0.228 e. The molecule has 134 valence electrons. The van der Waals surface area contributed by atoms with Crippen molar-refractivity contribution in [2.45, 2.75) is 38.6 Å². The van der Waals surface area contributed by atoms with Crippen molar-refractivity contribution in [1.82, 2.24) is 19.7 Å². The van der Waals surface area contributed by atoms with Gasteiger partial charge in [0.2, 0.25) is 5.91 Å². The highest BCUT2D eigenvalue weighted by atomic mass is 16.2. The summed E-state index contributed by atoms with van der Waals surface area (Å²) in [5.74, 6) is 1.66. The Labute approximate surface area is 149 Å². The van der Waals surface area contributed by atoms with Gasteiger partial charge in [0.15, 0.2) is 0 Å². The molecule has 0 radical (unpaired) electrons. The SMILES string of the molecule is CCn1cnnc1C1CCCN(CCC(=O)N(C)c2ccccc2)C1. The molecule has 0 spiro atoms. The first kappa shape index (κ1) is 17.6. The number of carbonyl (C=O) groups is 1. The Bertz CT molecular complexity index is 684. The van der Waals surface area contributed by atoms with Gasteiger partial charge in [0.1, 0.15) is 12.2 Å². The second-order valence-electron chi connectivity index (χ2n) is 6.65. The van der Waals surface area contributed by atoms with E-state index in [1.807, 2.05) is 43.7 Å². The van der Waals surface area contributed by atoms with Crippen molar-refractivity contribution in [1.29, 1.82) is 0 Å². The quantitative estimate of drug-likeness (QED) is 0.810. The number of anilines is 1. The summed E-state index contributed by atoms with van der Waals surface area (Å²) in [4.78, 5) is 16.6. The molecule has 1 amide bonds. The lowest BCUT2D eigenvalue weighted by Crippen LogP contribution is -2.38. The van der Waals surface area contributed by atoms with Gasteiger partial charge in [0, 0.05) is 44.7 Å². The number of benzene rings is 1. The van der Waals surface area contributed by atoms with Crippen LogP contribution in [0.25, 0.3) is 0 Å². The molecule has 0 bridgehead atoms. The summed E-state index contributed by atoms with van der Waals surface area (Å²) >= 11 is 0. The van der Waals surface area contributed by atoms with E-state index in [1.165, 1.54) is 0 Å². The van der Waals surface area contributed by atoms with Crippen molar-refractivity contribution in [2.75, 3.05) is 31.6 Å². The van der Waals surface area contributed by atoms with Gasteiger partial charge < -0.3 is 14.4 Å². The van der Waals surface area contributed by atoms with E-state index in [0.29, 0.717) is 12.3 Å². The molecule has 0 saturated carbocycles. The highest BCUT2D eigenvalue weighted by Gasteiger charge is 2.25. The molecule has 6 heteroatoms. The number of amides is 1. The average molecular weight is 341 g/mol. The molecule has 1 aliphatic rings. The number of rotatable bonds is 6. The van der Waals surface area contributed by atoms with E-state index in [4.69, 9.17) is 0 Å². The zero-order chi connectivity index (χ0) is 17.6. The van der Waals surface area contributed by atoms with Crippen LogP contribution >= 0.6 is 0 Å². The van der Waals surface area contributed by atoms with E-state index >= 15 is 0 Å². The van der Waals surface area contributed by atoms with Crippen molar-refractivity contribution in [2.24, 2.45) is 0 Å². The number of aromatic nitrogens is 3. The fourth-order valence-corrected chi connectivity index (χ4v) is 3.51. The van der Waals surface area contributed by atoms with Gasteiger partial charge in [0.25, 0.3) is 0 Å². The second-order valence-corrected chi connectivity index (χ2v) is 6.65. The van der Waals surface area contributed by atoms with Gasteiger partial charge >= 0.3 is 0 Å². The van der Waals surface area contributed by atoms with Crippen molar-refractivity contribution >= 4 is 11.6 Å². The summed E-state index contributed by atoms with van der Waals surface area (Å²) in [6.07, 6.45) is 4.64. The van der Waals surface area contributed by atoms with Crippen LogP contribution in [0.1, 0.15) is 37.9 Å². The normalized spacial score (nSPS) is 18.2. The Morgan fingerprint density at radius 3 is 2.88 bits per heavy atom. The van der Waals surface area contributed by atoms with Crippen LogP contribution < -0.4 is 4.90 Å². The zero-order valence-corrected chi connectivity index (χ0v) is 15.1. The highest BCUT2D eigenvalue weighted by molar-refractivity contribution is 5.92. The molecule has 3 rings (SSSR count). The maximum atomic E-state index is 12.5. The largest absolute Gasteiger partial charge is 0.318 e. The van der Waals surface area contributed by atoms with Gasteiger partial charge in [-0.1, -0.05) is 18.2 Å². The van der Waals surface area contributed by atoms with Crippen molar-refractivity contribution in [3.05, 3.63) is 42.5 Å². The summed E-state index contributed by atoms with van der Waals surface area (Å²) in [5, 5.41) is 8.38. The number of piperidine rings is 1. The van der Waals surface area contributed by atoms with Crippen molar-refractivity contribution < 1.29 is 4.79 Å². The minimum absolute atomic E-state index is 0.157. The third-order valence-electron chi connectivity index (χ3n) is 5.02. The Hall–Kier alpha value is -2.21. The molecular formula is C19H27N5O. The molecule has 1 atom stereocenters. The van der Waals surface area contributed by atoms with Gasteiger partial charge in [-0.05, 0) is 38.4 Å². The first-order valence-corrected chi connectivity index (χ1v) is 9.10. The number of aryl methyl sites for hydroxylation is 1. The van der Waals surface area contributed by atoms with Crippen LogP contribution in [0.4, 0.5) is 5.69 Å². The maximum absolute atomic E-state index is 12.5. The molecule has 1 aromatic heterocycles. The van der Waals surface area contributed by atoms with Crippen LogP contribution in [0.3, 0.4) is 0 Å². The zero-order valence-electron chi connectivity index (χ0n) is 15.1. The molecule has 1 saturated heterocycles. The Morgan fingerprint density at radius 2 is 2.12 bits per heavy atom. The summed E-state index contributed by atoms with van der Waals surface area (Å²) < 4.78 is 2.13. The van der Waals surface area contributed by atoms with Crippen molar-refractivity contribution in [3.8, 4) is 0 Å². The van der Waals surface area contributed by atoms with Crippen LogP contribution in [0, 0.1) is 0 Å². The number of likely N-dealkylation sites (tertiary alicyclic amines) is 1. The molecule has 1 aromatic carbocycles. The molecule has 0 N–H and O–H groups in total. The van der Waals surface area contributed by atoms with E-state index in [0.717, 1.165) is 50.5 Å².